The van der Waals surface area contributed by atoms with Gasteiger partial charge in [0.05, 0.1) is 44.5 Å². The molecule has 0 spiro atoms. The van der Waals surface area contributed by atoms with E-state index in [1.807, 2.05) is 6.92 Å². The number of piperazine rings is 1. The first kappa shape index (κ1) is 19.3. The molecule has 1 aromatic rings. The van der Waals surface area contributed by atoms with E-state index in [0.29, 0.717) is 11.8 Å². The molecule has 2 saturated heterocycles. The second-order valence-corrected chi connectivity index (χ2v) is 10.5. The van der Waals surface area contributed by atoms with Crippen molar-refractivity contribution in [2.24, 2.45) is 5.92 Å². The van der Waals surface area contributed by atoms with Crippen molar-refractivity contribution >= 4 is 34.9 Å². The highest BCUT2D eigenvalue weighted by atomic mass is 32.2. The third kappa shape index (κ3) is 3.91. The minimum absolute atomic E-state index is 0.0449. The molecule has 2 aliphatic heterocycles. The lowest BCUT2D eigenvalue weighted by molar-refractivity contribution is -0.903. The van der Waals surface area contributed by atoms with Gasteiger partial charge in [-0.05, 0) is 43.7 Å². The molecule has 2 amide bonds. The molecule has 27 heavy (non-hydrogen) atoms. The van der Waals surface area contributed by atoms with Gasteiger partial charge in [0.2, 0.25) is 11.8 Å². The molecule has 1 saturated carbocycles. The summed E-state index contributed by atoms with van der Waals surface area (Å²) in [6.07, 6.45) is 3.39. The highest BCUT2D eigenvalue weighted by molar-refractivity contribution is 8.01. The Hall–Kier alpha value is -1.05. The van der Waals surface area contributed by atoms with E-state index in [1.54, 1.807) is 23.1 Å². The van der Waals surface area contributed by atoms with Crippen LogP contribution in [0.2, 0.25) is 0 Å². The van der Waals surface area contributed by atoms with Gasteiger partial charge in [0, 0.05) is 10.8 Å². The summed E-state index contributed by atoms with van der Waals surface area (Å²) in [4.78, 5) is 32.1. The van der Waals surface area contributed by atoms with Crippen LogP contribution in [0.15, 0.2) is 11.4 Å². The summed E-state index contributed by atoms with van der Waals surface area (Å²) in [5.74, 6) is 0.964. The number of nitrogens with one attached hydrogen (secondary N) is 1. The molecular weight excluding hydrogens is 378 g/mol. The topological polar surface area (TPSA) is 45.1 Å². The maximum absolute atomic E-state index is 12.7. The van der Waals surface area contributed by atoms with Gasteiger partial charge in [-0.1, -0.05) is 6.42 Å². The van der Waals surface area contributed by atoms with Gasteiger partial charge in [-0.3, -0.25) is 9.59 Å². The van der Waals surface area contributed by atoms with Crippen LogP contribution in [0.25, 0.3) is 0 Å². The summed E-state index contributed by atoms with van der Waals surface area (Å²) in [5.41, 5.74) is 1.29. The zero-order valence-electron chi connectivity index (χ0n) is 16.3. The average Bonchev–Trinajstić information content (AvgIpc) is 3.16. The molecular formula is C20H30N3O2S2+. The Bertz CT molecular complexity index is 695. The molecule has 4 rings (SSSR count). The highest BCUT2D eigenvalue weighted by Crippen LogP contribution is 2.45. The van der Waals surface area contributed by atoms with Gasteiger partial charge in [-0.25, -0.2) is 0 Å². The predicted molar refractivity (Wildman–Crippen MR) is 110 cm³/mol. The first-order valence-corrected chi connectivity index (χ1v) is 12.0. The second kappa shape index (κ2) is 8.13. The van der Waals surface area contributed by atoms with Gasteiger partial charge in [0.1, 0.15) is 5.37 Å². The van der Waals surface area contributed by atoms with Crippen molar-refractivity contribution in [3.05, 3.63) is 21.9 Å². The minimum atomic E-state index is 0.0449. The summed E-state index contributed by atoms with van der Waals surface area (Å²) < 4.78 is 0. The number of carbonyl (C=O) groups is 2. The Balaban J connectivity index is 1.30. The maximum atomic E-state index is 12.7. The number of carbonyl (C=O) groups excluding carboxylic acids is 2. The van der Waals surface area contributed by atoms with Crippen LogP contribution in [0.3, 0.4) is 0 Å². The molecule has 0 radical (unpaired) electrons. The second-order valence-electron chi connectivity index (χ2n) is 8.08. The predicted octanol–water partition coefficient (Wildman–Crippen LogP) is 1.55. The van der Waals surface area contributed by atoms with E-state index < -0.39 is 0 Å². The number of aryl methyl sites for hydroxylation is 1. The molecule has 3 aliphatic rings. The van der Waals surface area contributed by atoms with Gasteiger partial charge >= 0.3 is 0 Å². The molecule has 3 fully saturated rings. The fraction of sp³-hybridized carbons (Fsp3) is 0.700. The number of thiophene rings is 1. The van der Waals surface area contributed by atoms with Gasteiger partial charge in [0.15, 0.2) is 0 Å². The van der Waals surface area contributed by atoms with E-state index in [-0.39, 0.29) is 16.5 Å². The van der Waals surface area contributed by atoms with Crippen molar-refractivity contribution in [1.82, 2.24) is 9.80 Å². The molecule has 5 nitrogen and oxygen atoms in total. The standard InChI is InChI=1S/C20H29N3O2S2/c1-14-6-13-26-17(14)20-23(18(24)15(2)27-20)12-9-21-7-10-22(11-8-21)19(25)16-4-3-5-16/h6,13,15-16,20H,3-5,7-12H2,1-2H3/p+1/t15-,20-/m1/s1. The lowest BCUT2D eigenvalue weighted by atomic mass is 9.84. The minimum Gasteiger partial charge on any atom is -0.331 e. The fourth-order valence-electron chi connectivity index (χ4n) is 4.23. The quantitative estimate of drug-likeness (QED) is 0.804. The van der Waals surface area contributed by atoms with E-state index >= 15 is 0 Å². The van der Waals surface area contributed by atoms with Gasteiger partial charge in [-0.15, -0.1) is 23.1 Å². The largest absolute Gasteiger partial charge is 0.331 e. The van der Waals surface area contributed by atoms with Crippen LogP contribution in [-0.2, 0) is 9.59 Å². The number of nitrogens with zero attached hydrogens (tertiary/aromatic N) is 2. The molecule has 7 heteroatoms. The lowest BCUT2D eigenvalue weighted by Gasteiger charge is -2.37. The zero-order chi connectivity index (χ0) is 19.0. The van der Waals surface area contributed by atoms with Crippen LogP contribution in [0.4, 0.5) is 0 Å². The Kier molecular flexibility index (Phi) is 5.81. The molecule has 1 aliphatic carbocycles. The van der Waals surface area contributed by atoms with Crippen LogP contribution in [0.5, 0.6) is 0 Å². The van der Waals surface area contributed by atoms with E-state index in [4.69, 9.17) is 0 Å². The van der Waals surface area contributed by atoms with E-state index in [9.17, 15) is 9.59 Å². The number of quaternary nitrogens is 1. The maximum Gasteiger partial charge on any atom is 0.236 e. The SMILES string of the molecule is Cc1ccsc1[C@H]1S[C@H](C)C(=O)N1CC[NH+]1CCN(C(=O)C2CCC2)CC1. The van der Waals surface area contributed by atoms with E-state index in [1.165, 1.54) is 21.8 Å². The lowest BCUT2D eigenvalue weighted by Crippen LogP contribution is -3.15. The number of rotatable bonds is 5. The number of hydrogen-bond donors (Lipinski definition) is 1. The van der Waals surface area contributed by atoms with Crippen molar-refractivity contribution in [2.75, 3.05) is 39.3 Å². The fourth-order valence-corrected chi connectivity index (χ4v) is 6.78. The van der Waals surface area contributed by atoms with Crippen molar-refractivity contribution in [1.29, 1.82) is 0 Å². The van der Waals surface area contributed by atoms with Crippen molar-refractivity contribution in [3.63, 3.8) is 0 Å². The highest BCUT2D eigenvalue weighted by Gasteiger charge is 2.40. The van der Waals surface area contributed by atoms with Crippen LogP contribution in [0, 0.1) is 12.8 Å². The van der Waals surface area contributed by atoms with Gasteiger partial charge in [0.25, 0.3) is 0 Å². The third-order valence-electron chi connectivity index (χ3n) is 6.32. The number of hydrogen-bond acceptors (Lipinski definition) is 4. The van der Waals surface area contributed by atoms with Crippen LogP contribution >= 0.6 is 23.1 Å². The molecule has 148 valence electrons. The van der Waals surface area contributed by atoms with Crippen LogP contribution in [0.1, 0.15) is 42.0 Å². The number of thioether (sulfide) groups is 1. The molecule has 0 bridgehead atoms. The molecule has 1 aromatic heterocycles. The number of amides is 2. The molecule has 0 aromatic carbocycles. The van der Waals surface area contributed by atoms with Crippen molar-refractivity contribution in [2.45, 2.75) is 43.7 Å². The Morgan fingerprint density at radius 1 is 1.30 bits per heavy atom. The first-order valence-electron chi connectivity index (χ1n) is 10.2. The monoisotopic (exact) mass is 408 g/mol. The van der Waals surface area contributed by atoms with E-state index in [0.717, 1.165) is 52.1 Å². The van der Waals surface area contributed by atoms with Gasteiger partial charge < -0.3 is 14.7 Å². The average molecular weight is 409 g/mol. The van der Waals surface area contributed by atoms with E-state index in [2.05, 4.69) is 28.2 Å². The zero-order valence-corrected chi connectivity index (χ0v) is 17.9. The summed E-state index contributed by atoms with van der Waals surface area (Å²) in [6.45, 7) is 9.71. The summed E-state index contributed by atoms with van der Waals surface area (Å²) in [7, 11) is 0. The summed E-state index contributed by atoms with van der Waals surface area (Å²) in [5, 5.41) is 2.34. The summed E-state index contributed by atoms with van der Waals surface area (Å²) >= 11 is 3.55. The molecule has 0 unspecified atom stereocenters. The normalized spacial score (nSPS) is 27.3. The van der Waals surface area contributed by atoms with Crippen molar-refractivity contribution in [3.8, 4) is 0 Å². The van der Waals surface area contributed by atoms with Gasteiger partial charge in [-0.2, -0.15) is 0 Å². The Labute approximate surface area is 170 Å². The first-order chi connectivity index (χ1) is 13.0. The molecule has 1 N–H and O–H groups in total. The van der Waals surface area contributed by atoms with Crippen LogP contribution < -0.4 is 4.90 Å². The molecule has 2 atom stereocenters. The smallest absolute Gasteiger partial charge is 0.236 e. The Morgan fingerprint density at radius 3 is 2.63 bits per heavy atom. The summed E-state index contributed by atoms with van der Waals surface area (Å²) in [6, 6.07) is 2.15. The Morgan fingerprint density at radius 2 is 2.04 bits per heavy atom. The van der Waals surface area contributed by atoms with Crippen molar-refractivity contribution < 1.29 is 14.5 Å². The van der Waals surface area contributed by atoms with Crippen LogP contribution in [-0.4, -0.2) is 66.1 Å². The third-order valence-corrected chi connectivity index (χ3v) is 8.89. The molecule has 3 heterocycles.